The summed E-state index contributed by atoms with van der Waals surface area (Å²) < 4.78 is 13.9. The fourth-order valence-corrected chi connectivity index (χ4v) is 7.99. The molecule has 0 saturated heterocycles. The Morgan fingerprint density at radius 1 is 0.367 bits per heavy atom. The minimum atomic E-state index is -0.255. The Labute approximate surface area is 283 Å². The fourth-order valence-electron chi connectivity index (χ4n) is 7.99. The number of halogens is 1. The van der Waals surface area contributed by atoms with Crippen LogP contribution in [0.15, 0.2) is 170 Å². The lowest BCUT2D eigenvalue weighted by Gasteiger charge is -2.20. The Morgan fingerprint density at radius 3 is 1.55 bits per heavy atom. The van der Waals surface area contributed by atoms with Crippen molar-refractivity contribution in [1.29, 1.82) is 0 Å². The molecule has 2 heteroatoms. The van der Waals surface area contributed by atoms with E-state index in [1.54, 1.807) is 12.1 Å². The van der Waals surface area contributed by atoms with Crippen molar-refractivity contribution in [3.8, 4) is 67.0 Å². The number of nitrogens with zero attached hydrogens (tertiary/aromatic N) is 1. The van der Waals surface area contributed by atoms with Gasteiger partial charge in [-0.1, -0.05) is 140 Å². The highest BCUT2D eigenvalue weighted by Crippen LogP contribution is 2.58. The summed E-state index contributed by atoms with van der Waals surface area (Å²) in [5, 5.41) is 7.10. The third-order valence-electron chi connectivity index (χ3n) is 10.1. The molecule has 1 aliphatic rings. The number of pyridine rings is 1. The standard InChI is InChI=1S/C47H28FN/c48-33-24-22-29(23-25-33)41-28-32-16-7-8-17-34(32)47(49-41)38-26-27-40-44-37(38)20-11-21-39(44)45-42(30-12-3-1-4-13-30)35-18-9-10-19-36(35)43(46(40)45)31-14-5-2-6-15-31/h1-28H. The van der Waals surface area contributed by atoms with Crippen LogP contribution in [0.2, 0.25) is 0 Å². The molecule has 0 spiro atoms. The van der Waals surface area contributed by atoms with Crippen LogP contribution in [0, 0.1) is 5.82 Å². The van der Waals surface area contributed by atoms with Gasteiger partial charge < -0.3 is 0 Å². The highest BCUT2D eigenvalue weighted by Gasteiger charge is 2.31. The minimum Gasteiger partial charge on any atom is -0.247 e. The van der Waals surface area contributed by atoms with Crippen LogP contribution in [0.1, 0.15) is 0 Å². The van der Waals surface area contributed by atoms with Gasteiger partial charge in [0.2, 0.25) is 0 Å². The van der Waals surface area contributed by atoms with Crippen LogP contribution < -0.4 is 0 Å². The summed E-state index contributed by atoms with van der Waals surface area (Å²) in [6, 6.07) is 58.9. The molecule has 49 heavy (non-hydrogen) atoms. The third-order valence-corrected chi connectivity index (χ3v) is 10.1. The van der Waals surface area contributed by atoms with E-state index >= 15 is 0 Å². The van der Waals surface area contributed by atoms with Crippen molar-refractivity contribution in [2.45, 2.75) is 0 Å². The maximum absolute atomic E-state index is 13.9. The molecule has 0 unspecified atom stereocenters. The molecule has 1 aromatic heterocycles. The maximum atomic E-state index is 13.9. The Balaban J connectivity index is 1.33. The second kappa shape index (κ2) is 10.8. The van der Waals surface area contributed by atoms with Gasteiger partial charge in [-0.3, -0.25) is 0 Å². The molecular weight excluding hydrogens is 598 g/mol. The molecule has 0 N–H and O–H groups in total. The maximum Gasteiger partial charge on any atom is 0.123 e. The number of hydrogen-bond donors (Lipinski definition) is 0. The Hall–Kier alpha value is -6.38. The molecule has 228 valence electrons. The minimum absolute atomic E-state index is 0.255. The van der Waals surface area contributed by atoms with Gasteiger partial charge in [-0.2, -0.15) is 0 Å². The second-order valence-electron chi connectivity index (χ2n) is 12.8. The van der Waals surface area contributed by atoms with Crippen LogP contribution in [0.25, 0.3) is 99.3 Å². The van der Waals surface area contributed by atoms with Crippen LogP contribution in [0.3, 0.4) is 0 Å². The molecular formula is C47H28FN. The van der Waals surface area contributed by atoms with Crippen LogP contribution >= 0.6 is 0 Å². The summed E-state index contributed by atoms with van der Waals surface area (Å²) in [4.78, 5) is 5.30. The summed E-state index contributed by atoms with van der Waals surface area (Å²) in [6.45, 7) is 0. The summed E-state index contributed by atoms with van der Waals surface area (Å²) in [5.74, 6) is -0.255. The number of aromatic nitrogens is 1. The Kier molecular flexibility index (Phi) is 6.13. The smallest absolute Gasteiger partial charge is 0.123 e. The SMILES string of the molecule is Fc1ccc(-c2cc3ccccc3c(-c3ccc4c5c(cccc35)-c3c-4c(-c4ccccc4)c4ccccc4c3-c3ccccc3)n2)cc1. The van der Waals surface area contributed by atoms with E-state index in [9.17, 15) is 4.39 Å². The Morgan fingerprint density at radius 2 is 0.898 bits per heavy atom. The van der Waals surface area contributed by atoms with Gasteiger partial charge in [0.05, 0.1) is 11.4 Å². The molecule has 0 saturated carbocycles. The predicted octanol–water partition coefficient (Wildman–Crippen LogP) is 13.0. The molecule has 10 rings (SSSR count). The molecule has 0 aliphatic heterocycles. The fraction of sp³-hybridized carbons (Fsp3) is 0. The van der Waals surface area contributed by atoms with Crippen molar-refractivity contribution < 1.29 is 4.39 Å². The van der Waals surface area contributed by atoms with Crippen LogP contribution in [0.5, 0.6) is 0 Å². The van der Waals surface area contributed by atoms with Gasteiger partial charge in [0.25, 0.3) is 0 Å². The largest absolute Gasteiger partial charge is 0.247 e. The van der Waals surface area contributed by atoms with Crippen LogP contribution in [-0.4, -0.2) is 4.98 Å². The zero-order valence-corrected chi connectivity index (χ0v) is 26.5. The predicted molar refractivity (Wildman–Crippen MR) is 203 cm³/mol. The van der Waals surface area contributed by atoms with Crippen LogP contribution in [0.4, 0.5) is 4.39 Å². The molecule has 0 bridgehead atoms. The molecule has 1 nitrogen and oxygen atoms in total. The van der Waals surface area contributed by atoms with E-state index in [2.05, 4.69) is 146 Å². The van der Waals surface area contributed by atoms with Gasteiger partial charge in [-0.05, 0) is 102 Å². The average Bonchev–Trinajstić information content (AvgIpc) is 3.49. The molecule has 0 atom stereocenters. The van der Waals surface area contributed by atoms with Crippen molar-refractivity contribution in [3.63, 3.8) is 0 Å². The number of hydrogen-bond acceptors (Lipinski definition) is 1. The van der Waals surface area contributed by atoms with Crippen molar-refractivity contribution in [1.82, 2.24) is 4.98 Å². The van der Waals surface area contributed by atoms with Gasteiger partial charge in [0.15, 0.2) is 0 Å². The van der Waals surface area contributed by atoms with E-state index in [0.29, 0.717) is 0 Å². The second-order valence-corrected chi connectivity index (χ2v) is 12.8. The summed E-state index contributed by atoms with van der Waals surface area (Å²) in [6.07, 6.45) is 0. The van der Waals surface area contributed by atoms with E-state index < -0.39 is 0 Å². The quantitative estimate of drug-likeness (QED) is 0.190. The molecule has 1 heterocycles. The Bertz CT molecular complexity index is 2660. The van der Waals surface area contributed by atoms with E-state index in [-0.39, 0.29) is 5.82 Å². The van der Waals surface area contributed by atoms with Gasteiger partial charge in [-0.25, -0.2) is 9.37 Å². The van der Waals surface area contributed by atoms with Crippen molar-refractivity contribution in [3.05, 3.63) is 176 Å². The number of benzene rings is 8. The van der Waals surface area contributed by atoms with Crippen molar-refractivity contribution >= 4 is 32.3 Å². The first-order valence-electron chi connectivity index (χ1n) is 16.7. The lowest BCUT2D eigenvalue weighted by atomic mass is 9.82. The van der Waals surface area contributed by atoms with Gasteiger partial charge in [0, 0.05) is 16.5 Å². The lowest BCUT2D eigenvalue weighted by Crippen LogP contribution is -1.93. The number of fused-ring (bicyclic) bond motifs is 5. The summed E-state index contributed by atoms with van der Waals surface area (Å²) in [7, 11) is 0. The van der Waals surface area contributed by atoms with Gasteiger partial charge in [0.1, 0.15) is 5.82 Å². The third kappa shape index (κ3) is 4.21. The first-order chi connectivity index (χ1) is 24.2. The molecule has 0 amide bonds. The molecule has 8 aromatic carbocycles. The highest BCUT2D eigenvalue weighted by atomic mass is 19.1. The number of rotatable bonds is 4. The monoisotopic (exact) mass is 625 g/mol. The van der Waals surface area contributed by atoms with Crippen molar-refractivity contribution in [2.75, 3.05) is 0 Å². The zero-order valence-electron chi connectivity index (χ0n) is 26.5. The average molecular weight is 626 g/mol. The molecule has 0 fully saturated rings. The van der Waals surface area contributed by atoms with Gasteiger partial charge >= 0.3 is 0 Å². The van der Waals surface area contributed by atoms with E-state index in [4.69, 9.17) is 4.98 Å². The zero-order chi connectivity index (χ0) is 32.5. The van der Waals surface area contributed by atoms with E-state index in [1.807, 2.05) is 0 Å². The van der Waals surface area contributed by atoms with Gasteiger partial charge in [-0.15, -0.1) is 0 Å². The van der Waals surface area contributed by atoms with E-state index in [0.717, 1.165) is 33.3 Å². The topological polar surface area (TPSA) is 12.9 Å². The first-order valence-corrected chi connectivity index (χ1v) is 16.7. The summed E-state index contributed by atoms with van der Waals surface area (Å²) in [5.41, 5.74) is 13.7. The normalized spacial score (nSPS) is 11.8. The summed E-state index contributed by atoms with van der Waals surface area (Å²) >= 11 is 0. The lowest BCUT2D eigenvalue weighted by molar-refractivity contribution is 0.628. The molecule has 1 aliphatic carbocycles. The molecule has 9 aromatic rings. The highest BCUT2D eigenvalue weighted by molar-refractivity contribution is 6.29. The van der Waals surface area contributed by atoms with E-state index in [1.165, 1.54) is 78.2 Å². The molecule has 0 radical (unpaired) electrons. The first kappa shape index (κ1) is 27.7. The van der Waals surface area contributed by atoms with Crippen molar-refractivity contribution in [2.24, 2.45) is 0 Å². The van der Waals surface area contributed by atoms with Crippen LogP contribution in [-0.2, 0) is 0 Å².